The largest absolute Gasteiger partial charge is 0.377 e. The molecule has 4 nitrogen and oxygen atoms in total. The summed E-state index contributed by atoms with van der Waals surface area (Å²) in [7, 11) is 0. The van der Waals surface area contributed by atoms with E-state index in [1.807, 2.05) is 0 Å². The monoisotopic (exact) mass is 409 g/mol. The number of rotatable bonds is 4. The van der Waals surface area contributed by atoms with Crippen molar-refractivity contribution < 1.29 is 4.74 Å². The van der Waals surface area contributed by atoms with E-state index in [1.54, 1.807) is 0 Å². The molecule has 2 unspecified atom stereocenters. The van der Waals surface area contributed by atoms with Crippen molar-refractivity contribution in [3.05, 3.63) is 0 Å². The van der Waals surface area contributed by atoms with E-state index in [0.717, 1.165) is 32.0 Å². The molecule has 1 aliphatic heterocycles. The van der Waals surface area contributed by atoms with Crippen LogP contribution in [0.5, 0.6) is 0 Å². The lowest BCUT2D eigenvalue weighted by Crippen LogP contribution is -2.46. The number of aliphatic imine (C=N–C) groups is 1. The lowest BCUT2D eigenvalue weighted by Gasteiger charge is -2.40. The minimum absolute atomic E-state index is 0. The average Bonchev–Trinajstić information content (AvgIpc) is 2.34. The number of guanidine groups is 1. The molecular formula is C16H32IN3O. The predicted molar refractivity (Wildman–Crippen MR) is 99.2 cm³/mol. The Morgan fingerprint density at radius 2 is 1.95 bits per heavy atom. The minimum atomic E-state index is 0. The van der Waals surface area contributed by atoms with E-state index in [4.69, 9.17) is 10.5 Å². The standard InChI is InChI=1S/C16H31N3O.HI/c1-16(2,3)14-13(8-5-9-20-14)11-19-15(17)18-10-12-6-4-7-12;/h12-14H,4-11H2,1-3H3,(H3,17,18,19);1H. The minimum Gasteiger partial charge on any atom is -0.377 e. The third-order valence-corrected chi connectivity index (χ3v) is 4.59. The van der Waals surface area contributed by atoms with Gasteiger partial charge < -0.3 is 15.8 Å². The maximum atomic E-state index is 5.99. The summed E-state index contributed by atoms with van der Waals surface area (Å²) in [6, 6.07) is 0. The van der Waals surface area contributed by atoms with Crippen LogP contribution in [0.25, 0.3) is 0 Å². The lowest BCUT2D eigenvalue weighted by atomic mass is 9.78. The summed E-state index contributed by atoms with van der Waals surface area (Å²) in [6.07, 6.45) is 6.67. The van der Waals surface area contributed by atoms with Gasteiger partial charge in [-0.25, -0.2) is 0 Å². The van der Waals surface area contributed by atoms with Gasteiger partial charge in [-0.1, -0.05) is 27.2 Å². The Balaban J connectivity index is 0.00000220. The Labute approximate surface area is 146 Å². The van der Waals surface area contributed by atoms with Crippen molar-refractivity contribution in [1.82, 2.24) is 5.32 Å². The van der Waals surface area contributed by atoms with Crippen molar-refractivity contribution in [2.24, 2.45) is 28.0 Å². The fourth-order valence-electron chi connectivity index (χ4n) is 3.20. The summed E-state index contributed by atoms with van der Waals surface area (Å²) in [6.45, 7) is 9.42. The second-order valence-electron chi connectivity index (χ2n) is 7.46. The zero-order valence-electron chi connectivity index (χ0n) is 13.7. The van der Waals surface area contributed by atoms with Crippen molar-refractivity contribution in [2.75, 3.05) is 19.7 Å². The van der Waals surface area contributed by atoms with Crippen LogP contribution >= 0.6 is 24.0 Å². The van der Waals surface area contributed by atoms with Gasteiger partial charge in [0.1, 0.15) is 0 Å². The van der Waals surface area contributed by atoms with Crippen LogP contribution in [0.4, 0.5) is 0 Å². The fourth-order valence-corrected chi connectivity index (χ4v) is 3.20. The van der Waals surface area contributed by atoms with Gasteiger partial charge in [-0.3, -0.25) is 4.99 Å². The third kappa shape index (κ3) is 5.93. The first kappa shape index (κ1) is 19.0. The van der Waals surface area contributed by atoms with Gasteiger partial charge in [-0.2, -0.15) is 0 Å². The number of nitrogens with two attached hydrogens (primary N) is 1. The van der Waals surface area contributed by atoms with E-state index in [0.29, 0.717) is 18.0 Å². The lowest BCUT2D eigenvalue weighted by molar-refractivity contribution is -0.0835. The second-order valence-corrected chi connectivity index (χ2v) is 7.46. The highest BCUT2D eigenvalue weighted by Gasteiger charge is 2.35. The molecule has 1 aliphatic carbocycles. The summed E-state index contributed by atoms with van der Waals surface area (Å²) < 4.78 is 5.99. The van der Waals surface area contributed by atoms with Gasteiger partial charge in [0.15, 0.2) is 5.96 Å². The first-order valence-electron chi connectivity index (χ1n) is 8.12. The summed E-state index contributed by atoms with van der Waals surface area (Å²) in [4.78, 5) is 4.46. The van der Waals surface area contributed by atoms with E-state index < -0.39 is 0 Å². The summed E-state index contributed by atoms with van der Waals surface area (Å²) >= 11 is 0. The molecule has 2 aliphatic rings. The highest BCUT2D eigenvalue weighted by Crippen LogP contribution is 2.33. The number of hydrogen-bond donors (Lipinski definition) is 2. The maximum absolute atomic E-state index is 5.99. The van der Waals surface area contributed by atoms with Gasteiger partial charge in [0.2, 0.25) is 0 Å². The van der Waals surface area contributed by atoms with E-state index in [1.165, 1.54) is 25.7 Å². The van der Waals surface area contributed by atoms with Gasteiger partial charge in [0, 0.05) is 25.6 Å². The van der Waals surface area contributed by atoms with Crippen LogP contribution in [0.15, 0.2) is 4.99 Å². The SMILES string of the molecule is CC(C)(C)C1OCCCC1CNC(N)=NCC1CCC1.I. The Morgan fingerprint density at radius 1 is 1.24 bits per heavy atom. The molecule has 0 radical (unpaired) electrons. The predicted octanol–water partition coefficient (Wildman–Crippen LogP) is 3.15. The fraction of sp³-hybridized carbons (Fsp3) is 0.938. The van der Waals surface area contributed by atoms with Crippen molar-refractivity contribution in [3.8, 4) is 0 Å². The number of hydrogen-bond acceptors (Lipinski definition) is 2. The first-order chi connectivity index (χ1) is 9.47. The van der Waals surface area contributed by atoms with Gasteiger partial charge >= 0.3 is 0 Å². The maximum Gasteiger partial charge on any atom is 0.188 e. The third-order valence-electron chi connectivity index (χ3n) is 4.59. The molecule has 2 fully saturated rings. The number of halogens is 1. The Kier molecular flexibility index (Phi) is 7.74. The van der Waals surface area contributed by atoms with Crippen LogP contribution in [0.1, 0.15) is 52.9 Å². The average molecular weight is 409 g/mol. The summed E-state index contributed by atoms with van der Waals surface area (Å²) in [5.74, 6) is 1.91. The molecule has 0 aromatic heterocycles. The molecule has 0 aromatic carbocycles. The molecule has 0 amide bonds. The smallest absolute Gasteiger partial charge is 0.188 e. The van der Waals surface area contributed by atoms with Gasteiger partial charge in [-0.15, -0.1) is 24.0 Å². The van der Waals surface area contributed by atoms with E-state index in [-0.39, 0.29) is 29.4 Å². The Morgan fingerprint density at radius 3 is 2.52 bits per heavy atom. The van der Waals surface area contributed by atoms with Crippen molar-refractivity contribution >= 4 is 29.9 Å². The quantitative estimate of drug-likeness (QED) is 0.426. The number of ether oxygens (including phenoxy) is 1. The van der Waals surface area contributed by atoms with Crippen LogP contribution in [-0.4, -0.2) is 31.8 Å². The van der Waals surface area contributed by atoms with Crippen molar-refractivity contribution in [1.29, 1.82) is 0 Å². The normalized spacial score (nSPS) is 27.7. The highest BCUT2D eigenvalue weighted by atomic mass is 127. The Bertz CT molecular complexity index is 337. The van der Waals surface area contributed by atoms with Crippen LogP contribution in [-0.2, 0) is 4.74 Å². The molecular weight excluding hydrogens is 377 g/mol. The molecule has 1 saturated heterocycles. The van der Waals surface area contributed by atoms with Crippen LogP contribution in [0.2, 0.25) is 0 Å². The van der Waals surface area contributed by atoms with Crippen molar-refractivity contribution in [3.63, 3.8) is 0 Å². The summed E-state index contributed by atoms with van der Waals surface area (Å²) in [5, 5.41) is 3.31. The Hall–Kier alpha value is -0.0400. The molecule has 0 spiro atoms. The van der Waals surface area contributed by atoms with Crippen LogP contribution in [0, 0.1) is 17.3 Å². The molecule has 3 N–H and O–H groups in total. The van der Waals surface area contributed by atoms with Gasteiger partial charge in [0.05, 0.1) is 6.10 Å². The molecule has 21 heavy (non-hydrogen) atoms. The molecule has 1 heterocycles. The molecule has 5 heteroatoms. The van der Waals surface area contributed by atoms with Crippen LogP contribution in [0.3, 0.4) is 0 Å². The topological polar surface area (TPSA) is 59.6 Å². The van der Waals surface area contributed by atoms with E-state index in [9.17, 15) is 0 Å². The molecule has 2 rings (SSSR count). The second kappa shape index (κ2) is 8.56. The highest BCUT2D eigenvalue weighted by molar-refractivity contribution is 14.0. The van der Waals surface area contributed by atoms with Gasteiger partial charge in [0.25, 0.3) is 0 Å². The number of nitrogens with one attached hydrogen (secondary N) is 1. The molecule has 2 atom stereocenters. The molecule has 0 aromatic rings. The number of nitrogens with zero attached hydrogens (tertiary/aromatic N) is 1. The molecule has 1 saturated carbocycles. The van der Waals surface area contributed by atoms with E-state index >= 15 is 0 Å². The van der Waals surface area contributed by atoms with Crippen molar-refractivity contribution in [2.45, 2.75) is 59.0 Å². The molecule has 124 valence electrons. The summed E-state index contributed by atoms with van der Waals surface area (Å²) in [5.41, 5.74) is 6.16. The zero-order valence-corrected chi connectivity index (χ0v) is 16.1. The first-order valence-corrected chi connectivity index (χ1v) is 8.12. The van der Waals surface area contributed by atoms with E-state index in [2.05, 4.69) is 31.1 Å². The molecule has 0 bridgehead atoms. The zero-order chi connectivity index (χ0) is 14.6. The van der Waals surface area contributed by atoms with Gasteiger partial charge in [-0.05, 0) is 37.0 Å². The van der Waals surface area contributed by atoms with Crippen LogP contribution < -0.4 is 11.1 Å².